The standard InChI is InChI=1S/C23H30N4O5/c28-20-6-5-19(23(31)27(20)15-16-7-9-24-10-8-16)25-21(29)17-3-1-2-4-18(17)22(30)26-11-13-32-14-12-26/h1-4,16,19,24H,5-15H2,(H,25,29). The molecule has 3 heterocycles. The first-order valence-corrected chi connectivity index (χ1v) is 11.4. The molecule has 0 radical (unpaired) electrons. The van der Waals surface area contributed by atoms with Gasteiger partial charge >= 0.3 is 0 Å². The Bertz CT molecular complexity index is 877. The highest BCUT2D eigenvalue weighted by Crippen LogP contribution is 2.20. The summed E-state index contributed by atoms with van der Waals surface area (Å²) >= 11 is 0. The summed E-state index contributed by atoms with van der Waals surface area (Å²) in [6.07, 6.45) is 2.33. The number of amides is 4. The Morgan fingerprint density at radius 2 is 1.72 bits per heavy atom. The second-order valence-electron chi connectivity index (χ2n) is 8.55. The molecule has 3 fully saturated rings. The summed E-state index contributed by atoms with van der Waals surface area (Å²) < 4.78 is 5.30. The van der Waals surface area contributed by atoms with Gasteiger partial charge in [-0.1, -0.05) is 12.1 Å². The number of likely N-dealkylation sites (tertiary alicyclic amines) is 1. The Labute approximate surface area is 187 Å². The number of nitrogens with one attached hydrogen (secondary N) is 2. The summed E-state index contributed by atoms with van der Waals surface area (Å²) in [4.78, 5) is 54.5. The van der Waals surface area contributed by atoms with Crippen LogP contribution in [0.15, 0.2) is 24.3 Å². The maximum absolute atomic E-state index is 13.1. The Hall–Kier alpha value is -2.78. The molecule has 3 aliphatic heterocycles. The van der Waals surface area contributed by atoms with Crippen molar-refractivity contribution in [1.29, 1.82) is 0 Å². The highest BCUT2D eigenvalue weighted by molar-refractivity contribution is 6.09. The third kappa shape index (κ3) is 4.99. The summed E-state index contributed by atoms with van der Waals surface area (Å²) in [5.41, 5.74) is 0.538. The number of carbonyl (C=O) groups excluding carboxylic acids is 4. The molecule has 0 spiro atoms. The van der Waals surface area contributed by atoms with Crippen LogP contribution in [0.5, 0.6) is 0 Å². The van der Waals surface area contributed by atoms with E-state index >= 15 is 0 Å². The summed E-state index contributed by atoms with van der Waals surface area (Å²) in [5.74, 6) is -0.953. The third-order valence-electron chi connectivity index (χ3n) is 6.42. The van der Waals surface area contributed by atoms with Crippen molar-refractivity contribution < 1.29 is 23.9 Å². The molecule has 1 unspecified atom stereocenters. The van der Waals surface area contributed by atoms with Crippen LogP contribution in [0.25, 0.3) is 0 Å². The summed E-state index contributed by atoms with van der Waals surface area (Å²) in [7, 11) is 0. The highest BCUT2D eigenvalue weighted by Gasteiger charge is 2.37. The highest BCUT2D eigenvalue weighted by atomic mass is 16.5. The zero-order valence-electron chi connectivity index (χ0n) is 18.2. The van der Waals surface area contributed by atoms with Gasteiger partial charge in [-0.3, -0.25) is 24.1 Å². The number of imide groups is 1. The molecule has 0 aromatic heterocycles. The van der Waals surface area contributed by atoms with Crippen LogP contribution in [-0.2, 0) is 14.3 Å². The summed E-state index contributed by atoms with van der Waals surface area (Å²) in [6, 6.07) is 5.86. The van der Waals surface area contributed by atoms with E-state index in [2.05, 4.69) is 10.6 Å². The molecule has 3 saturated heterocycles. The number of hydrogen-bond acceptors (Lipinski definition) is 6. The van der Waals surface area contributed by atoms with Gasteiger partial charge in [0.1, 0.15) is 6.04 Å². The van der Waals surface area contributed by atoms with Crippen LogP contribution in [0.2, 0.25) is 0 Å². The van der Waals surface area contributed by atoms with Crippen molar-refractivity contribution >= 4 is 23.6 Å². The molecule has 4 rings (SSSR count). The quantitative estimate of drug-likeness (QED) is 0.640. The predicted molar refractivity (Wildman–Crippen MR) is 116 cm³/mol. The molecule has 2 N–H and O–H groups in total. The van der Waals surface area contributed by atoms with E-state index in [-0.39, 0.29) is 42.0 Å². The molecule has 9 nitrogen and oxygen atoms in total. The van der Waals surface area contributed by atoms with Crippen LogP contribution in [0.4, 0.5) is 0 Å². The van der Waals surface area contributed by atoms with Crippen molar-refractivity contribution in [2.45, 2.75) is 31.7 Å². The lowest BCUT2D eigenvalue weighted by Gasteiger charge is -2.34. The zero-order valence-corrected chi connectivity index (χ0v) is 18.2. The molecule has 1 atom stereocenters. The zero-order chi connectivity index (χ0) is 22.5. The van der Waals surface area contributed by atoms with Gasteiger partial charge in [-0.2, -0.15) is 0 Å². The number of benzene rings is 1. The Morgan fingerprint density at radius 3 is 2.44 bits per heavy atom. The molecule has 9 heteroatoms. The molecule has 1 aromatic carbocycles. The number of rotatable bonds is 5. The van der Waals surface area contributed by atoms with Gasteiger partial charge in [-0.25, -0.2) is 0 Å². The second kappa shape index (κ2) is 10.2. The molecule has 0 aliphatic carbocycles. The normalized spacial score (nSPS) is 22.7. The first-order valence-electron chi connectivity index (χ1n) is 11.4. The molecule has 4 amide bonds. The summed E-state index contributed by atoms with van der Waals surface area (Å²) in [5, 5.41) is 6.06. The average molecular weight is 443 g/mol. The van der Waals surface area contributed by atoms with Gasteiger partial charge in [0.15, 0.2) is 0 Å². The monoisotopic (exact) mass is 442 g/mol. The number of ether oxygens (including phenoxy) is 1. The maximum atomic E-state index is 13.1. The smallest absolute Gasteiger partial charge is 0.254 e. The minimum atomic E-state index is -0.770. The van der Waals surface area contributed by atoms with E-state index in [1.807, 2.05) is 0 Å². The molecule has 1 aromatic rings. The topological polar surface area (TPSA) is 108 Å². The van der Waals surface area contributed by atoms with Crippen molar-refractivity contribution in [2.24, 2.45) is 5.92 Å². The van der Waals surface area contributed by atoms with E-state index in [0.29, 0.717) is 38.4 Å². The van der Waals surface area contributed by atoms with Crippen LogP contribution >= 0.6 is 0 Å². The maximum Gasteiger partial charge on any atom is 0.254 e. The lowest BCUT2D eigenvalue weighted by atomic mass is 9.95. The van der Waals surface area contributed by atoms with E-state index in [1.165, 1.54) is 4.90 Å². The first-order chi connectivity index (χ1) is 15.5. The number of nitrogens with zero attached hydrogens (tertiary/aromatic N) is 2. The number of carbonyl (C=O) groups is 4. The van der Waals surface area contributed by atoms with Gasteiger partial charge in [0.05, 0.1) is 24.3 Å². The fourth-order valence-electron chi connectivity index (χ4n) is 4.53. The molecule has 0 saturated carbocycles. The molecular weight excluding hydrogens is 412 g/mol. The number of piperidine rings is 2. The Balaban J connectivity index is 1.44. The minimum absolute atomic E-state index is 0.179. The van der Waals surface area contributed by atoms with Crippen molar-refractivity contribution in [3.63, 3.8) is 0 Å². The molecule has 32 heavy (non-hydrogen) atoms. The number of morpholine rings is 1. The van der Waals surface area contributed by atoms with Crippen LogP contribution in [-0.4, -0.2) is 85.4 Å². The van der Waals surface area contributed by atoms with Crippen molar-refractivity contribution in [1.82, 2.24) is 20.4 Å². The average Bonchev–Trinajstić information content (AvgIpc) is 2.84. The van der Waals surface area contributed by atoms with E-state index in [4.69, 9.17) is 4.74 Å². The fourth-order valence-corrected chi connectivity index (χ4v) is 4.53. The largest absolute Gasteiger partial charge is 0.378 e. The van der Waals surface area contributed by atoms with E-state index in [0.717, 1.165) is 25.9 Å². The van der Waals surface area contributed by atoms with Crippen LogP contribution in [0.3, 0.4) is 0 Å². The van der Waals surface area contributed by atoms with Crippen molar-refractivity contribution in [3.05, 3.63) is 35.4 Å². The van der Waals surface area contributed by atoms with E-state index in [1.54, 1.807) is 29.2 Å². The van der Waals surface area contributed by atoms with Crippen LogP contribution in [0, 0.1) is 5.92 Å². The molecular formula is C23H30N4O5. The van der Waals surface area contributed by atoms with Gasteiger partial charge < -0.3 is 20.3 Å². The first kappa shape index (κ1) is 22.4. The van der Waals surface area contributed by atoms with Crippen molar-refractivity contribution in [2.75, 3.05) is 45.9 Å². The van der Waals surface area contributed by atoms with E-state index in [9.17, 15) is 19.2 Å². The number of hydrogen-bond donors (Lipinski definition) is 2. The van der Waals surface area contributed by atoms with Gasteiger partial charge in [-0.05, 0) is 50.4 Å². The minimum Gasteiger partial charge on any atom is -0.378 e. The van der Waals surface area contributed by atoms with Gasteiger partial charge in [-0.15, -0.1) is 0 Å². The van der Waals surface area contributed by atoms with Crippen molar-refractivity contribution in [3.8, 4) is 0 Å². The lowest BCUT2D eigenvalue weighted by Crippen LogP contribution is -2.56. The molecule has 172 valence electrons. The second-order valence-corrected chi connectivity index (χ2v) is 8.55. The third-order valence-corrected chi connectivity index (χ3v) is 6.42. The molecule has 0 bridgehead atoms. The van der Waals surface area contributed by atoms with Crippen LogP contribution in [0.1, 0.15) is 46.4 Å². The predicted octanol–water partition coefficient (Wildman–Crippen LogP) is 0.406. The fraction of sp³-hybridized carbons (Fsp3) is 0.565. The van der Waals surface area contributed by atoms with Gasteiger partial charge in [0.25, 0.3) is 17.7 Å². The summed E-state index contributed by atoms with van der Waals surface area (Å²) in [6.45, 7) is 4.06. The SMILES string of the molecule is O=C(NC1CCC(=O)N(CC2CCNCC2)C1=O)c1ccccc1C(=O)N1CCOCC1. The van der Waals surface area contributed by atoms with Gasteiger partial charge in [0.2, 0.25) is 5.91 Å². The Kier molecular flexibility index (Phi) is 7.16. The lowest BCUT2D eigenvalue weighted by molar-refractivity contribution is -0.150. The van der Waals surface area contributed by atoms with Gasteiger partial charge in [0, 0.05) is 26.1 Å². The Morgan fingerprint density at radius 1 is 1.03 bits per heavy atom. The molecule has 3 aliphatic rings. The van der Waals surface area contributed by atoms with E-state index < -0.39 is 11.9 Å². The van der Waals surface area contributed by atoms with Crippen LogP contribution < -0.4 is 10.6 Å².